The standard InChI is InChI=1S/C15H12BrFN2O3/c16-10-3-6-13(12(17)7-10)19-15(21)9-1-4-11(5-2-9)22-8-14(18)20/h1-7H,8H2,(H2,18,20)(H,19,21). The van der Waals surface area contributed by atoms with Gasteiger partial charge in [0.25, 0.3) is 11.8 Å². The Balaban J connectivity index is 2.04. The third-order valence-electron chi connectivity index (χ3n) is 2.68. The Morgan fingerprint density at radius 3 is 2.45 bits per heavy atom. The maximum Gasteiger partial charge on any atom is 0.255 e. The van der Waals surface area contributed by atoms with Gasteiger partial charge in [0, 0.05) is 10.0 Å². The minimum Gasteiger partial charge on any atom is -0.484 e. The van der Waals surface area contributed by atoms with Crippen molar-refractivity contribution in [1.82, 2.24) is 0 Å². The number of amides is 2. The third-order valence-corrected chi connectivity index (χ3v) is 3.17. The predicted molar refractivity (Wildman–Crippen MR) is 83.2 cm³/mol. The summed E-state index contributed by atoms with van der Waals surface area (Å²) in [6.07, 6.45) is 0. The highest BCUT2D eigenvalue weighted by Gasteiger charge is 2.10. The van der Waals surface area contributed by atoms with Gasteiger partial charge in [-0.15, -0.1) is 0 Å². The summed E-state index contributed by atoms with van der Waals surface area (Å²) in [6.45, 7) is -0.240. The average Bonchev–Trinajstić information content (AvgIpc) is 2.48. The number of primary amides is 1. The first-order chi connectivity index (χ1) is 10.5. The fraction of sp³-hybridized carbons (Fsp3) is 0.0667. The summed E-state index contributed by atoms with van der Waals surface area (Å²) in [5, 5.41) is 2.47. The molecule has 22 heavy (non-hydrogen) atoms. The highest BCUT2D eigenvalue weighted by molar-refractivity contribution is 9.10. The highest BCUT2D eigenvalue weighted by Crippen LogP contribution is 2.20. The van der Waals surface area contributed by atoms with E-state index in [4.69, 9.17) is 10.5 Å². The van der Waals surface area contributed by atoms with Crippen LogP contribution in [-0.2, 0) is 4.79 Å². The molecule has 0 saturated heterocycles. The number of carbonyl (C=O) groups excluding carboxylic acids is 2. The van der Waals surface area contributed by atoms with E-state index in [0.29, 0.717) is 15.8 Å². The second-order valence-corrected chi connectivity index (χ2v) is 5.27. The quantitative estimate of drug-likeness (QED) is 0.853. The number of benzene rings is 2. The lowest BCUT2D eigenvalue weighted by Gasteiger charge is -2.08. The molecule has 0 fully saturated rings. The number of nitrogens with two attached hydrogens (primary N) is 1. The zero-order valence-corrected chi connectivity index (χ0v) is 12.9. The van der Waals surface area contributed by atoms with Gasteiger partial charge in [0.15, 0.2) is 6.61 Å². The van der Waals surface area contributed by atoms with Gasteiger partial charge in [0.2, 0.25) is 0 Å². The van der Waals surface area contributed by atoms with Crippen molar-refractivity contribution in [2.75, 3.05) is 11.9 Å². The summed E-state index contributed by atoms with van der Waals surface area (Å²) in [5.74, 6) is -1.18. The number of nitrogens with one attached hydrogen (secondary N) is 1. The largest absolute Gasteiger partial charge is 0.484 e. The number of hydrogen-bond donors (Lipinski definition) is 2. The molecule has 2 aromatic carbocycles. The number of halogens is 2. The number of ether oxygens (including phenoxy) is 1. The lowest BCUT2D eigenvalue weighted by Crippen LogP contribution is -2.20. The maximum atomic E-state index is 13.7. The summed E-state index contributed by atoms with van der Waals surface area (Å²) in [6, 6.07) is 10.4. The van der Waals surface area contributed by atoms with Gasteiger partial charge in [0.05, 0.1) is 5.69 Å². The van der Waals surface area contributed by atoms with Gasteiger partial charge in [-0.2, -0.15) is 0 Å². The van der Waals surface area contributed by atoms with E-state index in [9.17, 15) is 14.0 Å². The second-order valence-electron chi connectivity index (χ2n) is 4.36. The van der Waals surface area contributed by atoms with E-state index in [0.717, 1.165) is 0 Å². The molecule has 0 heterocycles. The van der Waals surface area contributed by atoms with Crippen LogP contribution in [0.15, 0.2) is 46.9 Å². The van der Waals surface area contributed by atoms with Gasteiger partial charge >= 0.3 is 0 Å². The van der Waals surface area contributed by atoms with Gasteiger partial charge in [0.1, 0.15) is 11.6 Å². The first-order valence-corrected chi connectivity index (χ1v) is 7.02. The van der Waals surface area contributed by atoms with E-state index in [2.05, 4.69) is 21.2 Å². The molecule has 0 bridgehead atoms. The van der Waals surface area contributed by atoms with E-state index in [-0.39, 0.29) is 12.3 Å². The summed E-state index contributed by atoms with van der Waals surface area (Å²) in [7, 11) is 0. The van der Waals surface area contributed by atoms with E-state index >= 15 is 0 Å². The number of rotatable bonds is 5. The number of carbonyl (C=O) groups is 2. The van der Waals surface area contributed by atoms with Crippen LogP contribution in [0.1, 0.15) is 10.4 Å². The van der Waals surface area contributed by atoms with Crippen molar-refractivity contribution in [3.63, 3.8) is 0 Å². The second kappa shape index (κ2) is 7.04. The van der Waals surface area contributed by atoms with Crippen LogP contribution < -0.4 is 15.8 Å². The van der Waals surface area contributed by atoms with Crippen molar-refractivity contribution >= 4 is 33.4 Å². The molecular formula is C15H12BrFN2O3. The van der Waals surface area contributed by atoms with Crippen molar-refractivity contribution in [3.8, 4) is 5.75 Å². The Hall–Kier alpha value is -2.41. The van der Waals surface area contributed by atoms with Gasteiger partial charge in [-0.25, -0.2) is 4.39 Å². The molecule has 2 rings (SSSR count). The Morgan fingerprint density at radius 1 is 1.18 bits per heavy atom. The van der Waals surface area contributed by atoms with Crippen LogP contribution in [0.5, 0.6) is 5.75 Å². The van der Waals surface area contributed by atoms with Crippen LogP contribution in [0.25, 0.3) is 0 Å². The van der Waals surface area contributed by atoms with Crippen LogP contribution in [-0.4, -0.2) is 18.4 Å². The van der Waals surface area contributed by atoms with Gasteiger partial charge in [-0.1, -0.05) is 15.9 Å². The molecule has 0 spiro atoms. The molecule has 0 saturated carbocycles. The highest BCUT2D eigenvalue weighted by atomic mass is 79.9. The Morgan fingerprint density at radius 2 is 1.86 bits per heavy atom. The molecule has 0 atom stereocenters. The van der Waals surface area contributed by atoms with Crippen LogP contribution in [0, 0.1) is 5.82 Å². The Labute approximate surface area is 134 Å². The summed E-state index contributed by atoms with van der Waals surface area (Å²) < 4.78 is 19.3. The molecule has 0 aliphatic heterocycles. The van der Waals surface area contributed by atoms with Gasteiger partial charge in [-0.05, 0) is 42.5 Å². The molecule has 0 aromatic heterocycles. The summed E-state index contributed by atoms with van der Waals surface area (Å²) >= 11 is 3.14. The normalized spacial score (nSPS) is 10.1. The van der Waals surface area contributed by atoms with E-state index < -0.39 is 17.6 Å². The van der Waals surface area contributed by atoms with Crippen molar-refractivity contribution in [2.45, 2.75) is 0 Å². The Kier molecular flexibility index (Phi) is 5.11. The maximum absolute atomic E-state index is 13.7. The molecule has 2 aromatic rings. The molecule has 114 valence electrons. The summed E-state index contributed by atoms with van der Waals surface area (Å²) in [4.78, 5) is 22.6. The molecule has 0 aliphatic rings. The van der Waals surface area contributed by atoms with E-state index in [1.165, 1.54) is 36.4 Å². The van der Waals surface area contributed by atoms with Gasteiger partial charge in [-0.3, -0.25) is 9.59 Å². The zero-order valence-electron chi connectivity index (χ0n) is 11.3. The minimum atomic E-state index is -0.590. The fourth-order valence-electron chi connectivity index (χ4n) is 1.64. The third kappa shape index (κ3) is 4.29. The number of hydrogen-bond acceptors (Lipinski definition) is 3. The van der Waals surface area contributed by atoms with E-state index in [1.54, 1.807) is 6.07 Å². The van der Waals surface area contributed by atoms with Crippen molar-refractivity contribution in [1.29, 1.82) is 0 Å². The van der Waals surface area contributed by atoms with Crippen molar-refractivity contribution < 1.29 is 18.7 Å². The van der Waals surface area contributed by atoms with Gasteiger partial charge < -0.3 is 15.8 Å². The zero-order chi connectivity index (χ0) is 16.1. The first-order valence-electron chi connectivity index (χ1n) is 6.23. The first kappa shape index (κ1) is 16.0. The van der Waals surface area contributed by atoms with Crippen LogP contribution in [0.4, 0.5) is 10.1 Å². The molecule has 0 unspecified atom stereocenters. The number of anilines is 1. The smallest absolute Gasteiger partial charge is 0.255 e. The fourth-order valence-corrected chi connectivity index (χ4v) is 1.98. The average molecular weight is 367 g/mol. The molecule has 0 aliphatic carbocycles. The van der Waals surface area contributed by atoms with Crippen molar-refractivity contribution in [2.24, 2.45) is 5.73 Å². The summed E-state index contributed by atoms with van der Waals surface area (Å²) in [5.41, 5.74) is 5.38. The molecular weight excluding hydrogens is 355 g/mol. The minimum absolute atomic E-state index is 0.0854. The SMILES string of the molecule is NC(=O)COc1ccc(C(=O)Nc2ccc(Br)cc2F)cc1. The topological polar surface area (TPSA) is 81.4 Å². The predicted octanol–water partition coefficient (Wildman–Crippen LogP) is 2.70. The Bertz CT molecular complexity index is 704. The monoisotopic (exact) mass is 366 g/mol. The lowest BCUT2D eigenvalue weighted by atomic mass is 10.2. The lowest BCUT2D eigenvalue weighted by molar-refractivity contribution is -0.119. The van der Waals surface area contributed by atoms with E-state index in [1.807, 2.05) is 0 Å². The molecule has 5 nitrogen and oxygen atoms in total. The van der Waals surface area contributed by atoms with Crippen molar-refractivity contribution in [3.05, 3.63) is 58.3 Å². The van der Waals surface area contributed by atoms with Crippen LogP contribution in [0.2, 0.25) is 0 Å². The molecule has 2 amide bonds. The molecule has 7 heteroatoms. The molecule has 3 N–H and O–H groups in total. The van der Waals surface area contributed by atoms with Crippen LogP contribution in [0.3, 0.4) is 0 Å². The molecule has 0 radical (unpaired) electrons. The van der Waals surface area contributed by atoms with Crippen LogP contribution >= 0.6 is 15.9 Å².